The third-order valence-electron chi connectivity index (χ3n) is 5.06. The first-order chi connectivity index (χ1) is 15.3. The van der Waals surface area contributed by atoms with Crippen LogP contribution in [0.25, 0.3) is 0 Å². The number of nitrogens with zero attached hydrogens (tertiary/aromatic N) is 1. The number of anilines is 2. The first kappa shape index (κ1) is 22.4. The molecule has 32 heavy (non-hydrogen) atoms. The molecule has 0 spiro atoms. The lowest BCUT2D eigenvalue weighted by atomic mass is 9.74. The molecule has 8 heteroatoms. The molecule has 162 valence electrons. The quantitative estimate of drug-likeness (QED) is 0.409. The van der Waals surface area contributed by atoms with E-state index in [-0.39, 0.29) is 21.4 Å². The van der Waals surface area contributed by atoms with Crippen molar-refractivity contribution in [3.8, 4) is 0 Å². The Morgan fingerprint density at radius 1 is 0.969 bits per heavy atom. The maximum Gasteiger partial charge on any atom is 0.258 e. The van der Waals surface area contributed by atoms with Crippen molar-refractivity contribution in [3.05, 3.63) is 93.2 Å². The Morgan fingerprint density at radius 3 is 2.31 bits per heavy atom. The highest BCUT2D eigenvalue weighted by molar-refractivity contribution is 8.04. The van der Waals surface area contributed by atoms with Gasteiger partial charge in [0.1, 0.15) is 0 Å². The molecule has 5 nitrogen and oxygen atoms in total. The summed E-state index contributed by atoms with van der Waals surface area (Å²) in [6.07, 6.45) is 2.74. The van der Waals surface area contributed by atoms with Crippen LogP contribution in [-0.2, 0) is 4.79 Å². The molecule has 0 fully saturated rings. The van der Waals surface area contributed by atoms with Crippen molar-refractivity contribution in [3.63, 3.8) is 0 Å². The van der Waals surface area contributed by atoms with Crippen LogP contribution in [0.2, 0.25) is 10.0 Å². The number of carbonyl (C=O) groups excluding carboxylic acids is 2. The van der Waals surface area contributed by atoms with Crippen molar-refractivity contribution >= 4 is 58.0 Å². The van der Waals surface area contributed by atoms with Crippen LogP contribution in [0.4, 0.5) is 11.4 Å². The second kappa shape index (κ2) is 8.98. The van der Waals surface area contributed by atoms with Crippen LogP contribution in [0.5, 0.6) is 0 Å². The molecule has 1 aromatic heterocycles. The number of pyridine rings is 1. The summed E-state index contributed by atoms with van der Waals surface area (Å²) >= 11 is 13.6. The van der Waals surface area contributed by atoms with E-state index in [1.54, 1.807) is 12.1 Å². The predicted octanol–water partition coefficient (Wildman–Crippen LogP) is 6.67. The molecule has 0 radical (unpaired) electrons. The van der Waals surface area contributed by atoms with Crippen molar-refractivity contribution in [2.24, 2.45) is 5.41 Å². The van der Waals surface area contributed by atoms with Gasteiger partial charge in [-0.1, -0.05) is 59.2 Å². The SMILES string of the molecule is CC1(C)C(=O)C(Sc2ccccc2)=C1Nc1cccc(NC(=O)c2c(Cl)cncc2Cl)c1. The monoisotopic (exact) mass is 483 g/mol. The lowest BCUT2D eigenvalue weighted by Gasteiger charge is -2.38. The van der Waals surface area contributed by atoms with E-state index < -0.39 is 11.3 Å². The van der Waals surface area contributed by atoms with Crippen LogP contribution in [0.1, 0.15) is 24.2 Å². The highest BCUT2D eigenvalue weighted by Crippen LogP contribution is 2.49. The minimum Gasteiger partial charge on any atom is -0.357 e. The van der Waals surface area contributed by atoms with Crippen molar-refractivity contribution in [1.29, 1.82) is 0 Å². The number of halogens is 2. The third kappa shape index (κ3) is 4.39. The number of benzene rings is 2. The zero-order chi connectivity index (χ0) is 22.9. The standard InChI is InChI=1S/C24H19Cl2N3O2S/c1-24(2)21(20(22(24)30)32-16-9-4-3-5-10-16)28-14-7-6-8-15(11-14)29-23(31)19-17(25)12-27-13-18(19)26/h3-13,28H,1-2H3,(H,29,31). The van der Waals surface area contributed by atoms with Gasteiger partial charge in [0.25, 0.3) is 5.91 Å². The maximum absolute atomic E-state index is 12.7. The number of thioether (sulfide) groups is 1. The fourth-order valence-corrected chi connectivity index (χ4v) is 5.11. The number of hydrogen-bond donors (Lipinski definition) is 2. The van der Waals surface area contributed by atoms with Gasteiger partial charge in [-0.15, -0.1) is 0 Å². The molecule has 1 aliphatic carbocycles. The number of allylic oxidation sites excluding steroid dienone is 2. The Hall–Kier alpha value is -2.80. The Bertz CT molecular complexity index is 1220. The first-order valence-corrected chi connectivity index (χ1v) is 11.3. The largest absolute Gasteiger partial charge is 0.357 e. The molecular weight excluding hydrogens is 465 g/mol. The molecule has 0 aliphatic heterocycles. The molecule has 1 heterocycles. The molecule has 2 aromatic carbocycles. The Balaban J connectivity index is 1.56. The number of ketones is 1. The van der Waals surface area contributed by atoms with Crippen LogP contribution >= 0.6 is 35.0 Å². The van der Waals surface area contributed by atoms with E-state index >= 15 is 0 Å². The molecule has 3 aromatic rings. The second-order valence-electron chi connectivity index (χ2n) is 7.71. The molecule has 0 saturated heterocycles. The summed E-state index contributed by atoms with van der Waals surface area (Å²) < 4.78 is 0. The number of aromatic nitrogens is 1. The van der Waals surface area contributed by atoms with Gasteiger partial charge in [-0.05, 0) is 44.2 Å². The Kier molecular flexibility index (Phi) is 6.29. The summed E-state index contributed by atoms with van der Waals surface area (Å²) in [7, 11) is 0. The van der Waals surface area contributed by atoms with E-state index in [1.165, 1.54) is 24.2 Å². The normalized spacial score (nSPS) is 14.7. The van der Waals surface area contributed by atoms with E-state index in [9.17, 15) is 9.59 Å². The summed E-state index contributed by atoms with van der Waals surface area (Å²) in [4.78, 5) is 30.9. The summed E-state index contributed by atoms with van der Waals surface area (Å²) in [5.74, 6) is -0.335. The Labute approximate surface area is 200 Å². The zero-order valence-electron chi connectivity index (χ0n) is 17.3. The van der Waals surface area contributed by atoms with Crippen molar-refractivity contribution in [2.45, 2.75) is 18.7 Å². The molecule has 1 aliphatic rings. The van der Waals surface area contributed by atoms with E-state index in [0.29, 0.717) is 10.6 Å². The third-order valence-corrected chi connectivity index (χ3v) is 6.73. The van der Waals surface area contributed by atoms with Crippen LogP contribution < -0.4 is 10.6 Å². The number of rotatable bonds is 6. The highest BCUT2D eigenvalue weighted by Gasteiger charge is 2.47. The second-order valence-corrected chi connectivity index (χ2v) is 9.61. The topological polar surface area (TPSA) is 71.1 Å². The molecule has 0 bridgehead atoms. The lowest BCUT2D eigenvalue weighted by molar-refractivity contribution is -0.123. The van der Waals surface area contributed by atoms with Gasteiger partial charge in [0.15, 0.2) is 5.78 Å². The van der Waals surface area contributed by atoms with Crippen LogP contribution in [0.3, 0.4) is 0 Å². The van der Waals surface area contributed by atoms with Gasteiger partial charge in [0.05, 0.1) is 25.9 Å². The van der Waals surface area contributed by atoms with Gasteiger partial charge in [-0.3, -0.25) is 14.6 Å². The van der Waals surface area contributed by atoms with Gasteiger partial charge >= 0.3 is 0 Å². The molecule has 4 rings (SSSR count). The smallest absolute Gasteiger partial charge is 0.258 e. The van der Waals surface area contributed by atoms with Crippen LogP contribution in [0.15, 0.2) is 82.5 Å². The highest BCUT2D eigenvalue weighted by atomic mass is 35.5. The molecule has 0 atom stereocenters. The van der Waals surface area contributed by atoms with E-state index in [0.717, 1.165) is 16.3 Å². The van der Waals surface area contributed by atoms with Gasteiger partial charge in [-0.25, -0.2) is 0 Å². The van der Waals surface area contributed by atoms with Crippen molar-refractivity contribution in [2.75, 3.05) is 10.6 Å². The molecule has 0 saturated carbocycles. The van der Waals surface area contributed by atoms with Crippen molar-refractivity contribution < 1.29 is 9.59 Å². The minimum atomic E-state index is -0.617. The summed E-state index contributed by atoms with van der Waals surface area (Å²) in [5.41, 5.74) is 1.70. The van der Waals surface area contributed by atoms with Crippen molar-refractivity contribution in [1.82, 2.24) is 4.98 Å². The lowest BCUT2D eigenvalue weighted by Crippen LogP contribution is -2.41. The van der Waals surface area contributed by atoms with E-state index in [2.05, 4.69) is 15.6 Å². The van der Waals surface area contributed by atoms with Gasteiger partial charge < -0.3 is 10.6 Å². The number of carbonyl (C=O) groups is 2. The van der Waals surface area contributed by atoms with E-state index in [1.807, 2.05) is 56.3 Å². The number of Topliss-reactive ketones (excluding diaryl/α,β-unsaturated/α-hetero) is 1. The summed E-state index contributed by atoms with van der Waals surface area (Å²) in [5, 5.41) is 6.52. The van der Waals surface area contributed by atoms with Gasteiger partial charge in [0.2, 0.25) is 0 Å². The molecule has 1 amide bonds. The molecular formula is C24H19Cl2N3O2S. The van der Waals surface area contributed by atoms with Gasteiger partial charge in [-0.2, -0.15) is 0 Å². The molecule has 2 N–H and O–H groups in total. The fraction of sp³-hybridized carbons (Fsp3) is 0.125. The number of hydrogen-bond acceptors (Lipinski definition) is 5. The summed E-state index contributed by atoms with van der Waals surface area (Å²) in [6, 6.07) is 17.0. The molecule has 0 unspecified atom stereocenters. The zero-order valence-corrected chi connectivity index (χ0v) is 19.6. The minimum absolute atomic E-state index is 0.0975. The Morgan fingerprint density at radius 2 is 1.62 bits per heavy atom. The first-order valence-electron chi connectivity index (χ1n) is 9.77. The van der Waals surface area contributed by atoms with E-state index in [4.69, 9.17) is 23.2 Å². The predicted molar refractivity (Wildman–Crippen MR) is 130 cm³/mol. The number of amides is 1. The average Bonchev–Trinajstić information content (AvgIpc) is 2.77. The maximum atomic E-state index is 12.7. The van der Waals surface area contributed by atoms with Crippen LogP contribution in [0, 0.1) is 5.41 Å². The summed E-state index contributed by atoms with van der Waals surface area (Å²) in [6.45, 7) is 3.79. The fourth-order valence-electron chi connectivity index (χ4n) is 3.29. The van der Waals surface area contributed by atoms with Crippen LogP contribution in [-0.4, -0.2) is 16.7 Å². The average molecular weight is 484 g/mol. The van der Waals surface area contributed by atoms with Gasteiger partial charge in [0, 0.05) is 34.4 Å². The number of nitrogens with one attached hydrogen (secondary N) is 2.